The molecule has 1 aromatic rings. The van der Waals surface area contributed by atoms with Gasteiger partial charge in [0.1, 0.15) is 0 Å². The molecule has 0 unspecified atom stereocenters. The largest absolute Gasteiger partial charge is 0.514 e. The SMILES string of the molecule is CSc1cc([N+](=O)[O-])c(OC(=O)OCC(F)(F)C(F)F)c([N+](=O)[O-])c1. The van der Waals surface area contributed by atoms with Crippen molar-refractivity contribution in [3.63, 3.8) is 0 Å². The highest BCUT2D eigenvalue weighted by atomic mass is 32.2. The predicted octanol–water partition coefficient (Wildman–Crippen LogP) is 3.64. The van der Waals surface area contributed by atoms with Crippen LogP contribution in [-0.4, -0.2) is 41.2 Å². The first-order valence-electron chi connectivity index (χ1n) is 6.01. The second-order valence-corrected chi connectivity index (χ2v) is 5.09. The third kappa shape index (κ3) is 5.17. The summed E-state index contributed by atoms with van der Waals surface area (Å²) in [4.78, 5) is 31.1. The number of rotatable bonds is 7. The van der Waals surface area contributed by atoms with Crippen LogP contribution in [0.1, 0.15) is 0 Å². The lowest BCUT2D eigenvalue weighted by Crippen LogP contribution is -2.34. The summed E-state index contributed by atoms with van der Waals surface area (Å²) in [7, 11) is 0. The molecule has 14 heteroatoms. The molecular weight excluding hydrogens is 380 g/mol. The number of nitrogens with zero attached hydrogens (tertiary/aromatic N) is 2. The van der Waals surface area contributed by atoms with Crippen LogP contribution >= 0.6 is 11.8 Å². The first kappa shape index (κ1) is 20.4. The van der Waals surface area contributed by atoms with Crippen LogP contribution < -0.4 is 4.74 Å². The smallest absolute Gasteiger partial charge is 0.427 e. The van der Waals surface area contributed by atoms with Gasteiger partial charge in [0, 0.05) is 17.0 Å². The van der Waals surface area contributed by atoms with Gasteiger partial charge in [0.2, 0.25) is 0 Å². The molecule has 0 radical (unpaired) electrons. The van der Waals surface area contributed by atoms with E-state index in [4.69, 9.17) is 0 Å². The Morgan fingerprint density at radius 1 is 1.24 bits per heavy atom. The number of ether oxygens (including phenoxy) is 2. The zero-order valence-corrected chi connectivity index (χ0v) is 12.9. The molecular formula is C11H8F4N2O7S. The van der Waals surface area contributed by atoms with Gasteiger partial charge in [-0.2, -0.15) is 8.78 Å². The van der Waals surface area contributed by atoms with Crippen LogP contribution in [0.5, 0.6) is 5.75 Å². The van der Waals surface area contributed by atoms with E-state index in [2.05, 4.69) is 9.47 Å². The molecule has 25 heavy (non-hydrogen) atoms. The quantitative estimate of drug-likeness (QED) is 0.173. The van der Waals surface area contributed by atoms with Crippen molar-refractivity contribution < 1.29 is 41.7 Å². The summed E-state index contributed by atoms with van der Waals surface area (Å²) in [5, 5.41) is 22.0. The molecule has 0 bridgehead atoms. The van der Waals surface area contributed by atoms with Gasteiger partial charge in [0.15, 0.2) is 6.61 Å². The third-order valence-corrected chi connectivity index (χ3v) is 3.25. The van der Waals surface area contributed by atoms with Crippen LogP contribution in [0.4, 0.5) is 33.7 Å². The van der Waals surface area contributed by atoms with E-state index in [0.29, 0.717) is 0 Å². The second kappa shape index (κ2) is 7.96. The fourth-order valence-electron chi connectivity index (χ4n) is 1.40. The monoisotopic (exact) mass is 388 g/mol. The Balaban J connectivity index is 3.13. The number of carbonyl (C=O) groups excluding carboxylic acids is 1. The van der Waals surface area contributed by atoms with Crippen molar-refractivity contribution in [2.45, 2.75) is 17.2 Å². The molecule has 0 spiro atoms. The highest BCUT2D eigenvalue weighted by molar-refractivity contribution is 7.98. The summed E-state index contributed by atoms with van der Waals surface area (Å²) in [5.41, 5.74) is -2.01. The van der Waals surface area contributed by atoms with Crippen LogP contribution in [0.2, 0.25) is 0 Å². The Bertz CT molecular complexity index is 666. The number of thioether (sulfide) groups is 1. The Morgan fingerprint density at radius 2 is 1.72 bits per heavy atom. The van der Waals surface area contributed by atoms with Crippen molar-refractivity contribution in [1.29, 1.82) is 0 Å². The van der Waals surface area contributed by atoms with Gasteiger partial charge < -0.3 is 9.47 Å². The maximum Gasteiger partial charge on any atom is 0.514 e. The van der Waals surface area contributed by atoms with Gasteiger partial charge >= 0.3 is 29.9 Å². The number of carbonyl (C=O) groups is 1. The Kier molecular flexibility index (Phi) is 6.49. The van der Waals surface area contributed by atoms with E-state index in [-0.39, 0.29) is 4.90 Å². The van der Waals surface area contributed by atoms with E-state index in [0.717, 1.165) is 23.9 Å². The van der Waals surface area contributed by atoms with Gasteiger partial charge in [-0.3, -0.25) is 20.2 Å². The zero-order valence-electron chi connectivity index (χ0n) is 12.1. The van der Waals surface area contributed by atoms with Gasteiger partial charge in [-0.1, -0.05) is 0 Å². The fraction of sp³-hybridized carbons (Fsp3) is 0.364. The molecule has 0 atom stereocenters. The standard InChI is InChI=1S/C11H8F4N2O7S/c1-25-5-2-6(16(19)20)8(7(3-5)17(21)22)24-10(18)23-4-11(14,15)9(12)13/h2-3,9H,4H2,1H3. The molecule has 0 saturated heterocycles. The first-order chi connectivity index (χ1) is 11.5. The Morgan fingerprint density at radius 3 is 2.08 bits per heavy atom. The van der Waals surface area contributed by atoms with Crippen molar-refractivity contribution in [1.82, 2.24) is 0 Å². The minimum absolute atomic E-state index is 0.0864. The second-order valence-electron chi connectivity index (χ2n) is 4.21. The molecule has 138 valence electrons. The maximum absolute atomic E-state index is 12.7. The normalized spacial score (nSPS) is 11.3. The Labute approximate surface area is 140 Å². The third-order valence-electron chi connectivity index (χ3n) is 2.54. The van der Waals surface area contributed by atoms with Crippen molar-refractivity contribution >= 4 is 29.3 Å². The van der Waals surface area contributed by atoms with E-state index in [1.54, 1.807) is 0 Å². The molecule has 0 heterocycles. The fourth-order valence-corrected chi connectivity index (χ4v) is 1.86. The molecule has 0 saturated carbocycles. The average Bonchev–Trinajstić information content (AvgIpc) is 2.52. The molecule has 9 nitrogen and oxygen atoms in total. The minimum atomic E-state index is -4.68. The lowest BCUT2D eigenvalue weighted by molar-refractivity contribution is -0.396. The van der Waals surface area contributed by atoms with E-state index >= 15 is 0 Å². The van der Waals surface area contributed by atoms with Crippen molar-refractivity contribution in [3.05, 3.63) is 32.4 Å². The summed E-state index contributed by atoms with van der Waals surface area (Å²) in [6, 6.07) is 1.68. The summed E-state index contributed by atoms with van der Waals surface area (Å²) >= 11 is 0.913. The number of halogens is 4. The van der Waals surface area contributed by atoms with E-state index < -0.39 is 52.1 Å². The predicted molar refractivity (Wildman–Crippen MR) is 74.5 cm³/mol. The molecule has 1 aromatic carbocycles. The van der Waals surface area contributed by atoms with Crippen LogP contribution in [0.25, 0.3) is 0 Å². The molecule has 0 aliphatic carbocycles. The number of nitro groups is 2. The van der Waals surface area contributed by atoms with Crippen LogP contribution in [0.15, 0.2) is 17.0 Å². The summed E-state index contributed by atoms with van der Waals surface area (Å²) < 4.78 is 57.2. The molecule has 0 aromatic heterocycles. The summed E-state index contributed by atoms with van der Waals surface area (Å²) in [6.07, 6.45) is -4.71. The molecule has 0 amide bonds. The number of benzene rings is 1. The van der Waals surface area contributed by atoms with E-state index in [1.807, 2.05) is 0 Å². The number of hydrogen-bond acceptors (Lipinski definition) is 8. The van der Waals surface area contributed by atoms with E-state index in [9.17, 15) is 42.6 Å². The Hall–Kier alpha value is -2.64. The van der Waals surface area contributed by atoms with Gasteiger partial charge in [0.25, 0.3) is 5.75 Å². The lowest BCUT2D eigenvalue weighted by Gasteiger charge is -2.14. The molecule has 0 fully saturated rings. The minimum Gasteiger partial charge on any atom is -0.427 e. The van der Waals surface area contributed by atoms with Crippen LogP contribution in [0.3, 0.4) is 0 Å². The van der Waals surface area contributed by atoms with Crippen LogP contribution in [0, 0.1) is 20.2 Å². The van der Waals surface area contributed by atoms with Gasteiger partial charge in [-0.25, -0.2) is 13.6 Å². The van der Waals surface area contributed by atoms with Gasteiger partial charge in [0.05, 0.1) is 9.85 Å². The number of alkyl halides is 4. The first-order valence-corrected chi connectivity index (χ1v) is 7.23. The maximum atomic E-state index is 12.7. The van der Waals surface area contributed by atoms with Crippen LogP contribution in [-0.2, 0) is 4.74 Å². The van der Waals surface area contributed by atoms with Gasteiger partial charge in [-0.15, -0.1) is 11.8 Å². The average molecular weight is 388 g/mol. The molecule has 0 N–H and O–H groups in total. The van der Waals surface area contributed by atoms with Gasteiger partial charge in [-0.05, 0) is 6.26 Å². The number of nitro benzene ring substituents is 2. The van der Waals surface area contributed by atoms with Crippen molar-refractivity contribution in [2.75, 3.05) is 12.9 Å². The summed E-state index contributed by atoms with van der Waals surface area (Å²) in [5.74, 6) is -5.85. The summed E-state index contributed by atoms with van der Waals surface area (Å²) in [6.45, 7) is -2.08. The van der Waals surface area contributed by atoms with Crippen molar-refractivity contribution in [2.24, 2.45) is 0 Å². The van der Waals surface area contributed by atoms with Crippen molar-refractivity contribution in [3.8, 4) is 5.75 Å². The molecule has 0 aliphatic rings. The highest BCUT2D eigenvalue weighted by Crippen LogP contribution is 2.40. The zero-order chi connectivity index (χ0) is 19.4. The number of hydrogen-bond donors (Lipinski definition) is 0. The van der Waals surface area contributed by atoms with E-state index in [1.165, 1.54) is 6.26 Å². The lowest BCUT2D eigenvalue weighted by atomic mass is 10.2. The topological polar surface area (TPSA) is 122 Å². The molecule has 0 aliphatic heterocycles. The highest BCUT2D eigenvalue weighted by Gasteiger charge is 2.43. The molecule has 1 rings (SSSR count).